The molecule has 0 saturated heterocycles. The van der Waals surface area contributed by atoms with Gasteiger partial charge in [0.15, 0.2) is 0 Å². The van der Waals surface area contributed by atoms with Crippen molar-refractivity contribution >= 4 is 55.3 Å². The van der Waals surface area contributed by atoms with Gasteiger partial charge in [-0.1, -0.05) is 12.1 Å². The summed E-state index contributed by atoms with van der Waals surface area (Å²) in [5.74, 6) is 2.60. The molecule has 0 radical (unpaired) electrons. The predicted molar refractivity (Wildman–Crippen MR) is 221 cm³/mol. The van der Waals surface area contributed by atoms with E-state index in [1.165, 1.54) is 0 Å². The first-order valence-corrected chi connectivity index (χ1v) is 18.8. The molecule has 4 rings (SSSR count). The van der Waals surface area contributed by atoms with Crippen LogP contribution >= 0.6 is 43.5 Å². The first kappa shape index (κ1) is 47.3. The van der Waals surface area contributed by atoms with E-state index in [0.717, 1.165) is 62.0 Å². The van der Waals surface area contributed by atoms with Crippen LogP contribution < -0.4 is 24.8 Å². The zero-order chi connectivity index (χ0) is 40.4. The number of benzene rings is 2. The Morgan fingerprint density at radius 3 is 1.64 bits per heavy atom. The lowest BCUT2D eigenvalue weighted by Crippen LogP contribution is -2.41. The smallest absolute Gasteiger partial charge is 0.270 e. The number of carbonyl (C=O) groups is 2. The minimum atomic E-state index is -0.316. The number of aliphatic hydroxyl groups excluding tert-OH is 1. The number of carbonyl (C=O) groups excluding carboxylic acids is 2. The van der Waals surface area contributed by atoms with Crippen molar-refractivity contribution in [1.82, 2.24) is 20.6 Å². The quantitative estimate of drug-likeness (QED) is 0.142. The Balaban J connectivity index is 0.000000436. The van der Waals surface area contributed by atoms with Crippen LogP contribution in [0.1, 0.15) is 84.8 Å². The van der Waals surface area contributed by atoms with Crippen molar-refractivity contribution in [2.75, 3.05) is 28.4 Å². The molecule has 2 aromatic heterocycles. The van der Waals surface area contributed by atoms with E-state index in [-0.39, 0.29) is 22.9 Å². The van der Waals surface area contributed by atoms with Gasteiger partial charge in [-0.15, -0.1) is 11.6 Å². The lowest BCUT2D eigenvalue weighted by molar-refractivity contribution is 0.0904. The highest BCUT2D eigenvalue weighted by molar-refractivity contribution is 9.10. The van der Waals surface area contributed by atoms with Crippen LogP contribution in [0, 0.1) is 6.92 Å². The van der Waals surface area contributed by atoms with Crippen LogP contribution in [0.25, 0.3) is 0 Å². The molecule has 0 atom stereocenters. The highest BCUT2D eigenvalue weighted by Gasteiger charge is 2.20. The summed E-state index contributed by atoms with van der Waals surface area (Å²) < 4.78 is 17.4. The minimum Gasteiger partial charge on any atom is -0.497 e. The van der Waals surface area contributed by atoms with E-state index in [9.17, 15) is 9.59 Å². The summed E-state index contributed by atoms with van der Waals surface area (Å²) in [6.45, 7) is 13.6. The molecule has 0 aliphatic rings. The highest BCUT2D eigenvalue weighted by Crippen LogP contribution is 2.25. The number of alkyl halides is 1. The molecule has 3 N–H and O–H groups in total. The van der Waals surface area contributed by atoms with Crippen LogP contribution in [0.2, 0.25) is 0 Å². The number of aromatic nitrogens is 2. The Morgan fingerprint density at radius 2 is 1.17 bits per heavy atom. The van der Waals surface area contributed by atoms with Crippen LogP contribution in [-0.2, 0) is 18.7 Å². The average Bonchev–Trinajstić information content (AvgIpc) is 3.10. The molecule has 0 aliphatic heterocycles. The SMILES string of the molecule is CO.COc1cc(CCc2cc(Br)cnc2C(=O)NC(C)(C)C)cc(OC)c1.COc1cccc(CCl)c1.Cc1cc(Br)cnc1C(=O)NC(C)(C)C. The molecule has 0 unspecified atom stereocenters. The fourth-order valence-electron chi connectivity index (χ4n) is 4.50. The number of halogens is 3. The number of nitrogens with one attached hydrogen (secondary N) is 2. The maximum Gasteiger partial charge on any atom is 0.270 e. The van der Waals surface area contributed by atoms with E-state index in [1.807, 2.05) is 103 Å². The van der Waals surface area contributed by atoms with Crippen molar-refractivity contribution in [3.63, 3.8) is 0 Å². The van der Waals surface area contributed by atoms with E-state index in [2.05, 4.69) is 52.5 Å². The number of hydrogen-bond acceptors (Lipinski definition) is 8. The van der Waals surface area contributed by atoms with Gasteiger partial charge in [0, 0.05) is 51.5 Å². The zero-order valence-corrected chi connectivity index (χ0v) is 36.4. The van der Waals surface area contributed by atoms with Crippen LogP contribution in [0.15, 0.2) is 75.9 Å². The predicted octanol–water partition coefficient (Wildman–Crippen LogP) is 8.90. The number of hydrogen-bond donors (Lipinski definition) is 3. The molecule has 0 saturated carbocycles. The second-order valence-electron chi connectivity index (χ2n) is 13.6. The van der Waals surface area contributed by atoms with Crippen molar-refractivity contribution < 1.29 is 28.9 Å². The van der Waals surface area contributed by atoms with Gasteiger partial charge in [-0.3, -0.25) is 9.59 Å². The van der Waals surface area contributed by atoms with Gasteiger partial charge in [0.2, 0.25) is 0 Å². The molecular weight excluding hydrogens is 828 g/mol. The van der Waals surface area contributed by atoms with Crippen molar-refractivity contribution in [1.29, 1.82) is 0 Å². The maximum atomic E-state index is 12.6. The molecule has 53 heavy (non-hydrogen) atoms. The largest absolute Gasteiger partial charge is 0.497 e. The molecule has 10 nitrogen and oxygen atoms in total. The summed E-state index contributed by atoms with van der Waals surface area (Å²) >= 11 is 12.4. The monoisotopic (exact) mass is 878 g/mol. The molecule has 2 amide bonds. The minimum absolute atomic E-state index is 0.132. The van der Waals surface area contributed by atoms with E-state index in [4.69, 9.17) is 30.9 Å². The van der Waals surface area contributed by atoms with Crippen molar-refractivity contribution in [3.05, 3.63) is 110 Å². The van der Waals surface area contributed by atoms with E-state index in [0.29, 0.717) is 23.7 Å². The second-order valence-corrected chi connectivity index (χ2v) is 15.7. The number of nitrogens with zero attached hydrogens (tertiary/aromatic N) is 2. The summed E-state index contributed by atoms with van der Waals surface area (Å²) in [4.78, 5) is 32.8. The Morgan fingerprint density at radius 1 is 0.698 bits per heavy atom. The third-order valence-corrected chi connectivity index (χ3v) is 7.94. The Bertz CT molecular complexity index is 1720. The van der Waals surface area contributed by atoms with Gasteiger partial charge in [0.05, 0.1) is 21.3 Å². The lowest BCUT2D eigenvalue weighted by Gasteiger charge is -2.21. The lowest BCUT2D eigenvalue weighted by atomic mass is 10.0. The molecule has 0 spiro atoms. The van der Waals surface area contributed by atoms with Gasteiger partial charge in [-0.05, 0) is 152 Å². The van der Waals surface area contributed by atoms with Crippen molar-refractivity contribution in [2.45, 2.75) is 78.3 Å². The molecule has 0 aliphatic carbocycles. The summed E-state index contributed by atoms with van der Waals surface area (Å²) in [6, 6.07) is 17.3. The third-order valence-electron chi connectivity index (χ3n) is 6.77. The van der Waals surface area contributed by atoms with Crippen molar-refractivity contribution in [3.8, 4) is 17.2 Å². The van der Waals surface area contributed by atoms with Gasteiger partial charge >= 0.3 is 0 Å². The van der Waals surface area contributed by atoms with Gasteiger partial charge in [0.1, 0.15) is 28.6 Å². The summed E-state index contributed by atoms with van der Waals surface area (Å²) in [7, 11) is 5.91. The number of amides is 2. The Kier molecular flexibility index (Phi) is 20.7. The van der Waals surface area contributed by atoms with Gasteiger partial charge in [-0.2, -0.15) is 0 Å². The Hall–Kier alpha value is -3.71. The Labute approximate surface area is 336 Å². The summed E-state index contributed by atoms with van der Waals surface area (Å²) in [5, 5.41) is 12.9. The molecule has 290 valence electrons. The molecule has 0 bridgehead atoms. The van der Waals surface area contributed by atoms with Gasteiger partial charge in [-0.25, -0.2) is 9.97 Å². The number of rotatable bonds is 9. The molecular formula is C40H53Br2ClN4O6. The second kappa shape index (κ2) is 23.2. The van der Waals surface area contributed by atoms with E-state index < -0.39 is 0 Å². The molecule has 2 aromatic carbocycles. The molecule has 4 aromatic rings. The fourth-order valence-corrected chi connectivity index (χ4v) is 5.49. The van der Waals surface area contributed by atoms with Crippen LogP contribution in [0.3, 0.4) is 0 Å². The first-order valence-electron chi connectivity index (χ1n) is 16.6. The standard InChI is InChI=1S/C20H25BrN2O3.C11H15BrN2O.C8H9ClO.CH4O/c1-20(2,3)23-19(24)18-14(10-15(21)12-22-18)7-6-13-8-16(25-4)11-17(9-13)26-5;1-7-5-8(12)6-13-9(7)10(15)14-11(2,3)4;1-10-8-4-2-3-7(5-8)6-9;1-2/h8-12H,6-7H2,1-5H3,(H,23,24);5-6H,1-4H3,(H,14,15);2-5H,6H2,1H3;2H,1H3. The topological polar surface area (TPSA) is 132 Å². The third kappa shape index (κ3) is 18.3. The number of aryl methyl sites for hydroxylation is 3. The first-order chi connectivity index (χ1) is 24.9. The normalized spacial score (nSPS) is 10.5. The average molecular weight is 881 g/mol. The van der Waals surface area contributed by atoms with Crippen LogP contribution in [-0.4, -0.2) is 66.4 Å². The highest BCUT2D eigenvalue weighted by atomic mass is 79.9. The summed E-state index contributed by atoms with van der Waals surface area (Å²) in [6.07, 6.45) is 4.69. The number of pyridine rings is 2. The molecule has 2 heterocycles. The fraction of sp³-hybridized carbons (Fsp3) is 0.400. The van der Waals surface area contributed by atoms with Crippen LogP contribution in [0.4, 0.5) is 0 Å². The summed E-state index contributed by atoms with van der Waals surface area (Å²) in [5.41, 5.74) is 4.30. The molecule has 13 heteroatoms. The maximum absolute atomic E-state index is 12.6. The number of ether oxygens (including phenoxy) is 3. The van der Waals surface area contributed by atoms with E-state index in [1.54, 1.807) is 33.7 Å². The molecule has 0 fully saturated rings. The number of methoxy groups -OCH3 is 3. The van der Waals surface area contributed by atoms with Crippen molar-refractivity contribution in [2.24, 2.45) is 0 Å². The van der Waals surface area contributed by atoms with E-state index >= 15 is 0 Å². The van der Waals surface area contributed by atoms with Gasteiger partial charge in [0.25, 0.3) is 11.8 Å². The van der Waals surface area contributed by atoms with Gasteiger partial charge < -0.3 is 30.0 Å². The number of aliphatic hydroxyl groups is 1. The zero-order valence-electron chi connectivity index (χ0n) is 32.5. The van der Waals surface area contributed by atoms with Crippen LogP contribution in [0.5, 0.6) is 17.2 Å².